The molecule has 7 heteroatoms. The number of aromatic nitrogens is 1. The van der Waals surface area contributed by atoms with Crippen LogP contribution in [0.15, 0.2) is 18.2 Å². The summed E-state index contributed by atoms with van der Waals surface area (Å²) in [5, 5.41) is 2.75. The van der Waals surface area contributed by atoms with Crippen molar-refractivity contribution in [2.75, 3.05) is 19.5 Å². The van der Waals surface area contributed by atoms with Gasteiger partial charge in [-0.25, -0.2) is 4.98 Å². The summed E-state index contributed by atoms with van der Waals surface area (Å²) in [6, 6.07) is 5.13. The first kappa shape index (κ1) is 14.6. The molecule has 0 saturated carbocycles. The van der Waals surface area contributed by atoms with Gasteiger partial charge in [0.15, 0.2) is 4.47 Å². The van der Waals surface area contributed by atoms with Crippen LogP contribution < -0.4 is 14.8 Å². The second kappa shape index (κ2) is 6.11. The standard InChI is InChI=1S/C13H13ClN2O3S/c1-7-11(16-13(14)20-7)12(17)15-9-5-4-8(18-2)6-10(9)19-3/h4-6H,1-3H3,(H,15,17). The second-order valence-electron chi connectivity index (χ2n) is 3.89. The molecule has 5 nitrogen and oxygen atoms in total. The van der Waals surface area contributed by atoms with Crippen LogP contribution in [0.25, 0.3) is 0 Å². The van der Waals surface area contributed by atoms with Gasteiger partial charge in [0.25, 0.3) is 5.91 Å². The molecule has 0 aliphatic carbocycles. The maximum Gasteiger partial charge on any atom is 0.275 e. The highest BCUT2D eigenvalue weighted by molar-refractivity contribution is 7.15. The molecule has 1 amide bonds. The Labute approximate surface area is 125 Å². The molecule has 0 aliphatic heterocycles. The largest absolute Gasteiger partial charge is 0.497 e. The Kier molecular flexibility index (Phi) is 4.46. The number of hydrogen-bond acceptors (Lipinski definition) is 5. The SMILES string of the molecule is COc1ccc(NC(=O)c2nc(Cl)sc2C)c(OC)c1. The summed E-state index contributed by atoms with van der Waals surface area (Å²) in [4.78, 5) is 16.9. The predicted molar refractivity (Wildman–Crippen MR) is 79.4 cm³/mol. The number of carbonyl (C=O) groups is 1. The van der Waals surface area contributed by atoms with Crippen molar-refractivity contribution in [2.45, 2.75) is 6.92 Å². The Balaban J connectivity index is 2.25. The van der Waals surface area contributed by atoms with Gasteiger partial charge in [0.05, 0.1) is 19.9 Å². The van der Waals surface area contributed by atoms with E-state index in [2.05, 4.69) is 10.3 Å². The third-order valence-electron chi connectivity index (χ3n) is 2.64. The molecule has 0 fully saturated rings. The third kappa shape index (κ3) is 3.02. The van der Waals surface area contributed by atoms with Crippen LogP contribution in [0.3, 0.4) is 0 Å². The normalized spacial score (nSPS) is 10.2. The minimum atomic E-state index is -0.325. The molecule has 106 valence electrons. The molecule has 20 heavy (non-hydrogen) atoms. The van der Waals surface area contributed by atoms with Gasteiger partial charge in [-0.3, -0.25) is 4.79 Å². The van der Waals surface area contributed by atoms with Crippen molar-refractivity contribution < 1.29 is 14.3 Å². The monoisotopic (exact) mass is 312 g/mol. The van der Waals surface area contributed by atoms with Crippen LogP contribution in [-0.4, -0.2) is 25.1 Å². The maximum absolute atomic E-state index is 12.2. The molecule has 0 radical (unpaired) electrons. The fraction of sp³-hybridized carbons (Fsp3) is 0.231. The van der Waals surface area contributed by atoms with E-state index in [1.807, 2.05) is 0 Å². The molecular weight excluding hydrogens is 300 g/mol. The smallest absolute Gasteiger partial charge is 0.275 e. The molecule has 2 aromatic rings. The fourth-order valence-corrected chi connectivity index (χ4v) is 2.71. The highest BCUT2D eigenvalue weighted by Crippen LogP contribution is 2.30. The summed E-state index contributed by atoms with van der Waals surface area (Å²) < 4.78 is 10.7. The highest BCUT2D eigenvalue weighted by atomic mass is 35.5. The van der Waals surface area contributed by atoms with Gasteiger partial charge in [-0.05, 0) is 19.1 Å². The number of amides is 1. The molecular formula is C13H13ClN2O3S. The van der Waals surface area contributed by atoms with Gasteiger partial charge in [-0.2, -0.15) is 0 Å². The van der Waals surface area contributed by atoms with Crippen molar-refractivity contribution in [3.8, 4) is 11.5 Å². The van der Waals surface area contributed by atoms with Crippen LogP contribution in [0, 0.1) is 6.92 Å². The summed E-state index contributed by atoms with van der Waals surface area (Å²) in [6.07, 6.45) is 0. The Morgan fingerprint density at radius 1 is 1.35 bits per heavy atom. The summed E-state index contributed by atoms with van der Waals surface area (Å²) in [5.41, 5.74) is 0.861. The number of nitrogens with one attached hydrogen (secondary N) is 1. The van der Waals surface area contributed by atoms with Gasteiger partial charge in [0.2, 0.25) is 0 Å². The summed E-state index contributed by atoms with van der Waals surface area (Å²) in [7, 11) is 3.09. The second-order valence-corrected chi connectivity index (χ2v) is 5.68. The molecule has 1 heterocycles. The zero-order valence-corrected chi connectivity index (χ0v) is 12.8. The maximum atomic E-state index is 12.2. The number of halogens is 1. The minimum Gasteiger partial charge on any atom is -0.497 e. The molecule has 0 atom stereocenters. The van der Waals surface area contributed by atoms with E-state index in [0.717, 1.165) is 4.88 Å². The van der Waals surface area contributed by atoms with Crippen LogP contribution in [0.1, 0.15) is 15.4 Å². The number of nitrogens with zero attached hydrogens (tertiary/aromatic N) is 1. The number of anilines is 1. The van der Waals surface area contributed by atoms with E-state index in [-0.39, 0.29) is 5.91 Å². The van der Waals surface area contributed by atoms with Crippen LogP contribution in [0.2, 0.25) is 4.47 Å². The Morgan fingerprint density at radius 2 is 2.10 bits per heavy atom. The number of ether oxygens (including phenoxy) is 2. The fourth-order valence-electron chi connectivity index (χ4n) is 1.66. The number of thiazole rings is 1. The molecule has 1 aromatic carbocycles. The van der Waals surface area contributed by atoms with Gasteiger partial charge in [-0.1, -0.05) is 11.6 Å². The van der Waals surface area contributed by atoms with Gasteiger partial charge in [0, 0.05) is 10.9 Å². The number of hydrogen-bond donors (Lipinski definition) is 1. The average Bonchev–Trinajstić information content (AvgIpc) is 2.78. The molecule has 2 rings (SSSR count). The van der Waals surface area contributed by atoms with Crippen LogP contribution >= 0.6 is 22.9 Å². The molecule has 0 bridgehead atoms. The van der Waals surface area contributed by atoms with E-state index >= 15 is 0 Å². The zero-order chi connectivity index (χ0) is 14.7. The highest BCUT2D eigenvalue weighted by Gasteiger charge is 2.16. The number of methoxy groups -OCH3 is 2. The van der Waals surface area contributed by atoms with Gasteiger partial charge < -0.3 is 14.8 Å². The van der Waals surface area contributed by atoms with Crippen molar-refractivity contribution in [1.29, 1.82) is 0 Å². The van der Waals surface area contributed by atoms with Gasteiger partial charge in [0.1, 0.15) is 17.2 Å². The molecule has 0 spiro atoms. The summed E-state index contributed by atoms with van der Waals surface area (Å²) in [6.45, 7) is 1.80. The van der Waals surface area contributed by atoms with Crippen molar-refractivity contribution in [3.63, 3.8) is 0 Å². The average molecular weight is 313 g/mol. The van der Waals surface area contributed by atoms with Crippen molar-refractivity contribution in [2.24, 2.45) is 0 Å². The summed E-state index contributed by atoms with van der Waals surface area (Å²) >= 11 is 7.06. The first-order valence-electron chi connectivity index (χ1n) is 5.71. The van der Waals surface area contributed by atoms with Crippen molar-refractivity contribution >= 4 is 34.5 Å². The van der Waals surface area contributed by atoms with E-state index in [1.54, 1.807) is 32.2 Å². The van der Waals surface area contributed by atoms with E-state index in [9.17, 15) is 4.79 Å². The molecule has 0 unspecified atom stereocenters. The first-order chi connectivity index (χ1) is 9.55. The van der Waals surface area contributed by atoms with E-state index in [1.165, 1.54) is 18.4 Å². The van der Waals surface area contributed by atoms with Crippen molar-refractivity contribution in [3.05, 3.63) is 33.2 Å². The lowest BCUT2D eigenvalue weighted by atomic mass is 10.2. The lowest BCUT2D eigenvalue weighted by Crippen LogP contribution is -2.14. The topological polar surface area (TPSA) is 60.5 Å². The lowest BCUT2D eigenvalue weighted by Gasteiger charge is -2.11. The van der Waals surface area contributed by atoms with E-state index in [4.69, 9.17) is 21.1 Å². The quantitative estimate of drug-likeness (QED) is 0.940. The Hall–Kier alpha value is -1.79. The molecule has 0 saturated heterocycles. The number of benzene rings is 1. The van der Waals surface area contributed by atoms with Crippen molar-refractivity contribution in [1.82, 2.24) is 4.98 Å². The van der Waals surface area contributed by atoms with Crippen LogP contribution in [-0.2, 0) is 0 Å². The molecule has 0 aliphatic rings. The number of aryl methyl sites for hydroxylation is 1. The summed E-state index contributed by atoms with van der Waals surface area (Å²) in [5.74, 6) is 0.832. The Bertz CT molecular complexity index is 643. The lowest BCUT2D eigenvalue weighted by molar-refractivity contribution is 0.102. The molecule has 1 aromatic heterocycles. The number of rotatable bonds is 4. The molecule has 1 N–H and O–H groups in total. The van der Waals surface area contributed by atoms with Gasteiger partial charge >= 0.3 is 0 Å². The third-order valence-corrected chi connectivity index (χ3v) is 3.72. The van der Waals surface area contributed by atoms with Crippen LogP contribution in [0.5, 0.6) is 11.5 Å². The zero-order valence-electron chi connectivity index (χ0n) is 11.2. The predicted octanol–water partition coefficient (Wildman–Crippen LogP) is 3.37. The van der Waals surface area contributed by atoms with E-state index < -0.39 is 0 Å². The van der Waals surface area contributed by atoms with Crippen LogP contribution in [0.4, 0.5) is 5.69 Å². The minimum absolute atomic E-state index is 0.317. The number of carbonyl (C=O) groups excluding carboxylic acids is 1. The van der Waals surface area contributed by atoms with Gasteiger partial charge in [-0.15, -0.1) is 11.3 Å². The van der Waals surface area contributed by atoms with E-state index in [0.29, 0.717) is 27.3 Å². The first-order valence-corrected chi connectivity index (χ1v) is 6.91. The Morgan fingerprint density at radius 3 is 2.65 bits per heavy atom.